The number of aliphatic hydroxyl groups is 2. The predicted octanol–water partition coefficient (Wildman–Crippen LogP) is 7.12. The van der Waals surface area contributed by atoms with E-state index in [1.807, 2.05) is 24.3 Å². The molecule has 1 aliphatic rings. The third-order valence-electron chi connectivity index (χ3n) is 8.47. The number of ether oxygens (including phenoxy) is 2. The molecule has 1 aliphatic carbocycles. The van der Waals surface area contributed by atoms with Gasteiger partial charge in [-0.05, 0) is 62.8 Å². The molecule has 0 spiro atoms. The minimum atomic E-state index is -0.574. The Kier molecular flexibility index (Phi) is 17.3. The van der Waals surface area contributed by atoms with Gasteiger partial charge in [0.05, 0.1) is 25.2 Å². The molecule has 2 rings (SSSR count). The summed E-state index contributed by atoms with van der Waals surface area (Å²) in [6.07, 6.45) is 16.5. The lowest BCUT2D eigenvalue weighted by Gasteiger charge is -2.27. The van der Waals surface area contributed by atoms with Gasteiger partial charge in [0.15, 0.2) is 0 Å². The molecule has 1 aromatic rings. The van der Waals surface area contributed by atoms with Gasteiger partial charge in [-0.25, -0.2) is 0 Å². The summed E-state index contributed by atoms with van der Waals surface area (Å²) in [5.41, 5.74) is 1.20. The molecule has 1 fully saturated rings. The molecule has 1 aromatic carbocycles. The van der Waals surface area contributed by atoms with Gasteiger partial charge in [0.2, 0.25) is 0 Å². The fraction of sp³-hybridized carbons (Fsp3) is 0.657. The average Bonchev–Trinajstić information content (AvgIpc) is 3.27. The molecule has 6 nitrogen and oxygen atoms in total. The monoisotopic (exact) mass is 570 g/mol. The van der Waals surface area contributed by atoms with Crippen LogP contribution in [0.1, 0.15) is 102 Å². The highest BCUT2D eigenvalue weighted by Crippen LogP contribution is 2.41. The second-order valence-corrected chi connectivity index (χ2v) is 11.6. The van der Waals surface area contributed by atoms with Gasteiger partial charge in [0, 0.05) is 18.8 Å². The van der Waals surface area contributed by atoms with Crippen LogP contribution >= 0.6 is 0 Å². The Labute approximate surface area is 248 Å². The topological polar surface area (TPSA) is 93.1 Å². The first-order valence-electron chi connectivity index (χ1n) is 15.8. The van der Waals surface area contributed by atoms with E-state index in [0.717, 1.165) is 38.5 Å². The summed E-state index contributed by atoms with van der Waals surface area (Å²) in [5, 5.41) is 21.8. The number of hydrogen-bond acceptors (Lipinski definition) is 6. The van der Waals surface area contributed by atoms with E-state index in [2.05, 4.69) is 31.7 Å². The zero-order valence-electron chi connectivity index (χ0n) is 25.4. The maximum absolute atomic E-state index is 13.1. The van der Waals surface area contributed by atoms with Crippen LogP contribution in [0, 0.1) is 17.8 Å². The normalized spacial score (nSPS) is 22.0. The number of carbonyl (C=O) groups excluding carboxylic acids is 2. The summed E-state index contributed by atoms with van der Waals surface area (Å²) < 4.78 is 10.8. The molecule has 6 atom stereocenters. The van der Waals surface area contributed by atoms with E-state index in [0.29, 0.717) is 38.5 Å². The van der Waals surface area contributed by atoms with Gasteiger partial charge in [-0.3, -0.25) is 9.59 Å². The Morgan fingerprint density at radius 1 is 1.02 bits per heavy atom. The highest BCUT2D eigenvalue weighted by atomic mass is 16.5. The number of aryl methyl sites for hydroxylation is 1. The highest BCUT2D eigenvalue weighted by Gasteiger charge is 2.44. The van der Waals surface area contributed by atoms with Crippen molar-refractivity contribution >= 4 is 11.9 Å². The molecule has 0 aromatic heterocycles. The van der Waals surface area contributed by atoms with Crippen molar-refractivity contribution in [3.63, 3.8) is 0 Å². The smallest absolute Gasteiger partial charge is 0.313 e. The van der Waals surface area contributed by atoms with Gasteiger partial charge in [0.1, 0.15) is 6.10 Å². The number of unbranched alkanes of at least 4 members (excludes halogenated alkanes) is 5. The Balaban J connectivity index is 1.98. The molecule has 1 unspecified atom stereocenters. The summed E-state index contributed by atoms with van der Waals surface area (Å²) in [5.74, 6) is -0.878. The van der Waals surface area contributed by atoms with Gasteiger partial charge in [0.25, 0.3) is 0 Å². The lowest BCUT2D eigenvalue weighted by molar-refractivity contribution is -0.155. The first kappa shape index (κ1) is 34.8. The van der Waals surface area contributed by atoms with Gasteiger partial charge < -0.3 is 19.7 Å². The summed E-state index contributed by atoms with van der Waals surface area (Å²) >= 11 is 0. The summed E-state index contributed by atoms with van der Waals surface area (Å²) in [6.45, 7) is 6.07. The number of benzene rings is 1. The van der Waals surface area contributed by atoms with Gasteiger partial charge in [-0.1, -0.05) is 87.6 Å². The van der Waals surface area contributed by atoms with Crippen molar-refractivity contribution in [3.05, 3.63) is 60.7 Å². The summed E-state index contributed by atoms with van der Waals surface area (Å²) in [6, 6.07) is 10.2. The van der Waals surface area contributed by atoms with Gasteiger partial charge >= 0.3 is 11.9 Å². The van der Waals surface area contributed by atoms with Crippen LogP contribution in [0.4, 0.5) is 0 Å². The zero-order chi connectivity index (χ0) is 29.9. The largest absolute Gasteiger partial charge is 0.469 e. The highest BCUT2D eigenvalue weighted by molar-refractivity contribution is 5.74. The minimum absolute atomic E-state index is 0.0323. The molecular formula is C35H54O6. The van der Waals surface area contributed by atoms with E-state index in [4.69, 9.17) is 9.47 Å². The number of methoxy groups -OCH3 is 1. The predicted molar refractivity (Wildman–Crippen MR) is 164 cm³/mol. The second-order valence-electron chi connectivity index (χ2n) is 11.6. The molecule has 6 heteroatoms. The number of rotatable bonds is 21. The van der Waals surface area contributed by atoms with E-state index in [-0.39, 0.29) is 35.8 Å². The molecule has 0 aliphatic heterocycles. The average molecular weight is 571 g/mol. The van der Waals surface area contributed by atoms with Crippen molar-refractivity contribution in [1.82, 2.24) is 0 Å². The van der Waals surface area contributed by atoms with Crippen LogP contribution in [0.2, 0.25) is 0 Å². The maximum Gasteiger partial charge on any atom is 0.313 e. The van der Waals surface area contributed by atoms with E-state index in [1.165, 1.54) is 31.9 Å². The standard InChI is InChI=1S/C35H54O6/c1-4-6-7-8-14-19-28(5-2)35(39)41-33-26-32(37)30(20-15-9-10-16-21-34(38)40-3)31(33)25-24-29(36)23-22-27-17-12-11-13-18-27/h5,9,11-13,15,17-18,28-33,36-37H,2,4,6-8,10,14,16,19-26H2,1,3H3/b15-9-/t28?,29-,30+,31+,32-,33+/m0/s1. The molecule has 1 saturated carbocycles. The first-order chi connectivity index (χ1) is 19.9. The van der Waals surface area contributed by atoms with Crippen molar-refractivity contribution in [1.29, 1.82) is 0 Å². The van der Waals surface area contributed by atoms with Crippen molar-refractivity contribution in [3.8, 4) is 0 Å². The number of hydrogen-bond donors (Lipinski definition) is 2. The second kappa shape index (κ2) is 20.4. The van der Waals surface area contributed by atoms with Crippen LogP contribution in [-0.4, -0.2) is 47.6 Å². The molecule has 0 saturated heterocycles. The van der Waals surface area contributed by atoms with Crippen molar-refractivity contribution in [2.45, 2.75) is 122 Å². The number of aliphatic hydroxyl groups excluding tert-OH is 2. The fourth-order valence-electron chi connectivity index (χ4n) is 5.90. The number of carbonyl (C=O) groups is 2. The van der Waals surface area contributed by atoms with E-state index >= 15 is 0 Å². The van der Waals surface area contributed by atoms with Crippen LogP contribution < -0.4 is 0 Å². The van der Waals surface area contributed by atoms with Gasteiger partial charge in [-0.2, -0.15) is 0 Å². The van der Waals surface area contributed by atoms with Crippen molar-refractivity contribution < 1.29 is 29.3 Å². The van der Waals surface area contributed by atoms with E-state index in [1.54, 1.807) is 6.08 Å². The van der Waals surface area contributed by atoms with Crippen molar-refractivity contribution in [2.24, 2.45) is 17.8 Å². The lowest BCUT2D eigenvalue weighted by atomic mass is 9.85. The molecule has 0 radical (unpaired) electrons. The quantitative estimate of drug-likeness (QED) is 0.0929. The van der Waals surface area contributed by atoms with E-state index in [9.17, 15) is 19.8 Å². The lowest BCUT2D eigenvalue weighted by Crippen LogP contribution is -2.29. The SMILES string of the molecule is C=CC(CCCCCCC)C(=O)O[C@@H]1C[C@H](O)[C@H](C/C=C\CCCC(=O)OC)[C@H]1CC[C@@H](O)CCc1ccccc1. The Bertz CT molecular complexity index is 897. The van der Waals surface area contributed by atoms with Crippen LogP contribution in [0.5, 0.6) is 0 Å². The van der Waals surface area contributed by atoms with Crippen LogP contribution in [-0.2, 0) is 25.5 Å². The maximum atomic E-state index is 13.1. The minimum Gasteiger partial charge on any atom is -0.469 e. The fourth-order valence-corrected chi connectivity index (χ4v) is 5.90. The molecule has 0 bridgehead atoms. The molecular weight excluding hydrogens is 516 g/mol. The molecule has 41 heavy (non-hydrogen) atoms. The number of allylic oxidation sites excluding steroid dienone is 2. The van der Waals surface area contributed by atoms with Crippen LogP contribution in [0.25, 0.3) is 0 Å². The van der Waals surface area contributed by atoms with Crippen molar-refractivity contribution in [2.75, 3.05) is 7.11 Å². The van der Waals surface area contributed by atoms with E-state index < -0.39 is 12.2 Å². The Hall–Kier alpha value is -2.44. The van der Waals surface area contributed by atoms with Crippen LogP contribution in [0.15, 0.2) is 55.1 Å². The van der Waals surface area contributed by atoms with Gasteiger partial charge in [-0.15, -0.1) is 6.58 Å². The third-order valence-corrected chi connectivity index (χ3v) is 8.47. The molecule has 0 heterocycles. The zero-order valence-corrected chi connectivity index (χ0v) is 25.4. The first-order valence-corrected chi connectivity index (χ1v) is 15.8. The summed E-state index contributed by atoms with van der Waals surface area (Å²) in [4.78, 5) is 24.5. The van der Waals surface area contributed by atoms with Crippen LogP contribution in [0.3, 0.4) is 0 Å². The number of esters is 2. The Morgan fingerprint density at radius 3 is 2.49 bits per heavy atom. The molecule has 0 amide bonds. The summed E-state index contributed by atoms with van der Waals surface area (Å²) in [7, 11) is 1.40. The third kappa shape index (κ3) is 13.4. The Morgan fingerprint density at radius 2 is 1.78 bits per heavy atom. The molecule has 2 N–H and O–H groups in total. The molecule has 230 valence electrons.